The standard InChI is InChI=1S/C55H40O/c1-55(2)48-26-24-39(30-46(48)47-32-45-37(31-49(47)55)25-27-51-54(45)44-18-10-11-19-50(44)56-51)53-42-16-8-6-14-40(42)52(41-15-7-9-17-43(41)53)38-23-22-35-28-34(20-21-36(35)29-38)33-12-4-3-5-13-33/h3-4,6-12,14-28,30-32,36H,5,13,29H2,1-2H3. The lowest BCUT2D eigenvalue weighted by molar-refractivity contribution is 0.661. The molecule has 0 spiro atoms. The third kappa shape index (κ3) is 4.55. The van der Waals surface area contributed by atoms with Crippen LogP contribution in [0, 0.1) is 5.92 Å². The second kappa shape index (κ2) is 11.8. The molecule has 266 valence electrons. The Balaban J connectivity index is 1.04. The van der Waals surface area contributed by atoms with E-state index in [9.17, 15) is 0 Å². The van der Waals surface area contributed by atoms with Crippen LogP contribution in [0.3, 0.4) is 0 Å². The van der Waals surface area contributed by atoms with Gasteiger partial charge in [-0.05, 0) is 143 Å². The molecule has 0 saturated heterocycles. The molecule has 1 nitrogen and oxygen atoms in total. The Morgan fingerprint density at radius 2 is 1.34 bits per heavy atom. The molecule has 0 radical (unpaired) electrons. The van der Waals surface area contributed by atoms with Crippen molar-refractivity contribution in [2.24, 2.45) is 5.92 Å². The molecule has 1 heterocycles. The van der Waals surface area contributed by atoms with Gasteiger partial charge in [0.2, 0.25) is 0 Å². The smallest absolute Gasteiger partial charge is 0.136 e. The first-order chi connectivity index (χ1) is 27.5. The van der Waals surface area contributed by atoms with Crippen LogP contribution in [-0.2, 0) is 5.41 Å². The van der Waals surface area contributed by atoms with E-state index >= 15 is 0 Å². The van der Waals surface area contributed by atoms with Crippen LogP contribution in [0.15, 0.2) is 185 Å². The summed E-state index contributed by atoms with van der Waals surface area (Å²) in [6.07, 6.45) is 22.0. The summed E-state index contributed by atoms with van der Waals surface area (Å²) in [5.74, 6) is 0.383. The van der Waals surface area contributed by atoms with Crippen molar-refractivity contribution < 1.29 is 4.42 Å². The summed E-state index contributed by atoms with van der Waals surface area (Å²) in [7, 11) is 0. The molecule has 0 bridgehead atoms. The van der Waals surface area contributed by atoms with E-state index in [0.717, 1.165) is 30.4 Å². The number of rotatable bonds is 3. The third-order valence-electron chi connectivity index (χ3n) is 13.3. The van der Waals surface area contributed by atoms with Gasteiger partial charge in [-0.2, -0.15) is 0 Å². The molecule has 1 heteroatoms. The van der Waals surface area contributed by atoms with Crippen molar-refractivity contribution in [1.82, 2.24) is 0 Å². The van der Waals surface area contributed by atoms with Crippen LogP contribution in [0.5, 0.6) is 0 Å². The molecule has 12 rings (SSSR count). The van der Waals surface area contributed by atoms with Crippen molar-refractivity contribution in [3.8, 4) is 22.3 Å². The van der Waals surface area contributed by atoms with E-state index < -0.39 is 0 Å². The number of benzene rings is 7. The molecule has 7 aromatic carbocycles. The molecular weight excluding hydrogens is 677 g/mol. The fourth-order valence-corrected chi connectivity index (χ4v) is 10.5. The molecule has 4 aliphatic rings. The van der Waals surface area contributed by atoms with Crippen molar-refractivity contribution in [2.75, 3.05) is 0 Å². The Kier molecular flexibility index (Phi) is 6.70. The molecule has 0 amide bonds. The van der Waals surface area contributed by atoms with Crippen molar-refractivity contribution in [1.29, 1.82) is 0 Å². The SMILES string of the molecule is CC1(C)c2ccc(-c3c4ccccc4c(C4=CC=C5C=C(C6=CC=CCC6)C=CC5C4)c4ccccc34)cc2-c2cc3c(ccc4oc5ccccc5c43)cc21. The zero-order valence-electron chi connectivity index (χ0n) is 31.7. The summed E-state index contributed by atoms with van der Waals surface area (Å²) in [4.78, 5) is 0. The number of hydrogen-bond donors (Lipinski definition) is 0. The molecule has 0 aliphatic heterocycles. The van der Waals surface area contributed by atoms with Crippen molar-refractivity contribution in [3.05, 3.63) is 197 Å². The average molecular weight is 717 g/mol. The summed E-state index contributed by atoms with van der Waals surface area (Å²) in [6.45, 7) is 4.77. The number of furan rings is 1. The van der Waals surface area contributed by atoms with Crippen molar-refractivity contribution in [3.63, 3.8) is 0 Å². The predicted octanol–water partition coefficient (Wildman–Crippen LogP) is 15.1. The van der Waals surface area contributed by atoms with Gasteiger partial charge >= 0.3 is 0 Å². The predicted molar refractivity (Wildman–Crippen MR) is 237 cm³/mol. The minimum atomic E-state index is -0.119. The van der Waals surface area contributed by atoms with Gasteiger partial charge in [0.25, 0.3) is 0 Å². The molecule has 8 aromatic rings. The second-order valence-corrected chi connectivity index (χ2v) is 16.7. The summed E-state index contributed by atoms with van der Waals surface area (Å²) in [6, 6.07) is 43.2. The highest BCUT2D eigenvalue weighted by Gasteiger charge is 2.36. The Morgan fingerprint density at radius 1 is 0.607 bits per heavy atom. The van der Waals surface area contributed by atoms with Crippen molar-refractivity contribution in [2.45, 2.75) is 38.5 Å². The number of allylic oxidation sites excluding steroid dienone is 12. The fraction of sp³-hybridized carbons (Fsp3) is 0.127. The van der Waals surface area contributed by atoms with Crippen molar-refractivity contribution >= 4 is 59.8 Å². The van der Waals surface area contributed by atoms with Gasteiger partial charge in [-0.1, -0.05) is 147 Å². The van der Waals surface area contributed by atoms with Gasteiger partial charge in [-0.25, -0.2) is 0 Å². The van der Waals surface area contributed by atoms with E-state index in [-0.39, 0.29) is 5.41 Å². The Hall–Kier alpha value is -6.44. The zero-order valence-corrected chi connectivity index (χ0v) is 31.7. The van der Waals surface area contributed by atoms with E-state index in [0.29, 0.717) is 5.92 Å². The van der Waals surface area contributed by atoms with Crippen LogP contribution in [-0.4, -0.2) is 0 Å². The van der Waals surface area contributed by atoms with Crippen LogP contribution >= 0.6 is 0 Å². The number of fused-ring (bicyclic) bond motifs is 11. The van der Waals surface area contributed by atoms with E-state index in [2.05, 4.69) is 178 Å². The van der Waals surface area contributed by atoms with Gasteiger partial charge in [-0.3, -0.25) is 0 Å². The van der Waals surface area contributed by atoms with Crippen LogP contribution in [0.2, 0.25) is 0 Å². The summed E-state index contributed by atoms with van der Waals surface area (Å²) >= 11 is 0. The Morgan fingerprint density at radius 3 is 2.11 bits per heavy atom. The van der Waals surface area contributed by atoms with Gasteiger partial charge in [0.05, 0.1) is 0 Å². The lowest BCUT2D eigenvalue weighted by atomic mass is 9.77. The highest BCUT2D eigenvalue weighted by molar-refractivity contribution is 6.21. The molecule has 0 N–H and O–H groups in total. The van der Waals surface area contributed by atoms with E-state index in [1.54, 1.807) is 0 Å². The van der Waals surface area contributed by atoms with Gasteiger partial charge in [-0.15, -0.1) is 0 Å². The van der Waals surface area contributed by atoms with E-state index in [4.69, 9.17) is 4.42 Å². The zero-order chi connectivity index (χ0) is 37.1. The van der Waals surface area contributed by atoms with Gasteiger partial charge in [0, 0.05) is 22.1 Å². The Bertz CT molecular complexity index is 3180. The van der Waals surface area contributed by atoms with Gasteiger partial charge in [0.1, 0.15) is 11.2 Å². The highest BCUT2D eigenvalue weighted by atomic mass is 16.3. The lowest BCUT2D eigenvalue weighted by Gasteiger charge is -2.27. The summed E-state index contributed by atoms with van der Waals surface area (Å²) in [5, 5.41) is 10.1. The molecule has 0 fully saturated rings. The maximum atomic E-state index is 6.34. The minimum absolute atomic E-state index is 0.119. The summed E-state index contributed by atoms with van der Waals surface area (Å²) in [5.41, 5.74) is 16.8. The molecule has 1 aromatic heterocycles. The molecule has 1 unspecified atom stereocenters. The lowest BCUT2D eigenvalue weighted by Crippen LogP contribution is -2.14. The molecular formula is C55H40O. The minimum Gasteiger partial charge on any atom is -0.456 e. The highest BCUT2D eigenvalue weighted by Crippen LogP contribution is 2.53. The average Bonchev–Trinajstić information content (AvgIpc) is 3.73. The first-order valence-electron chi connectivity index (χ1n) is 20.2. The van der Waals surface area contributed by atoms with Gasteiger partial charge in [0.15, 0.2) is 0 Å². The monoisotopic (exact) mass is 716 g/mol. The first-order valence-corrected chi connectivity index (χ1v) is 20.2. The largest absolute Gasteiger partial charge is 0.456 e. The third-order valence-corrected chi connectivity index (χ3v) is 13.3. The van der Waals surface area contributed by atoms with Crippen LogP contribution in [0.25, 0.3) is 82.1 Å². The topological polar surface area (TPSA) is 13.1 Å². The number of para-hydroxylation sites is 1. The second-order valence-electron chi connectivity index (χ2n) is 16.7. The normalized spacial score (nSPS) is 18.2. The molecule has 1 atom stereocenters. The maximum Gasteiger partial charge on any atom is 0.136 e. The fourth-order valence-electron chi connectivity index (χ4n) is 10.5. The van der Waals surface area contributed by atoms with E-state index in [1.165, 1.54) is 104 Å². The van der Waals surface area contributed by atoms with Crippen LogP contribution in [0.1, 0.15) is 49.8 Å². The quantitative estimate of drug-likeness (QED) is 0.166. The maximum absolute atomic E-state index is 6.34. The Labute approximate surface area is 327 Å². The van der Waals surface area contributed by atoms with E-state index in [1.807, 2.05) is 0 Å². The van der Waals surface area contributed by atoms with Crippen LogP contribution in [0.4, 0.5) is 0 Å². The van der Waals surface area contributed by atoms with Crippen LogP contribution < -0.4 is 0 Å². The molecule has 56 heavy (non-hydrogen) atoms. The molecule has 4 aliphatic carbocycles. The molecule has 0 saturated carbocycles. The number of hydrogen-bond acceptors (Lipinski definition) is 1. The summed E-state index contributed by atoms with van der Waals surface area (Å²) < 4.78 is 6.34. The first kappa shape index (κ1) is 31.9. The van der Waals surface area contributed by atoms with Gasteiger partial charge < -0.3 is 4.42 Å².